The van der Waals surface area contributed by atoms with Crippen molar-refractivity contribution in [3.63, 3.8) is 0 Å². The van der Waals surface area contributed by atoms with E-state index in [4.69, 9.17) is 22.1 Å². The molecular formula is C15H24BrClN2O2. The van der Waals surface area contributed by atoms with Gasteiger partial charge in [-0.15, -0.1) is 11.6 Å². The van der Waals surface area contributed by atoms with Crippen LogP contribution in [0.1, 0.15) is 25.0 Å². The van der Waals surface area contributed by atoms with Crippen molar-refractivity contribution >= 4 is 33.2 Å². The topological polar surface area (TPSA) is 58.7 Å². The van der Waals surface area contributed by atoms with Crippen molar-refractivity contribution in [3.8, 4) is 0 Å². The Labute approximate surface area is 140 Å². The fraction of sp³-hybridized carbons (Fsp3) is 0.600. The second-order valence-electron chi connectivity index (χ2n) is 4.94. The predicted octanol–water partition coefficient (Wildman–Crippen LogP) is 2.99. The lowest BCUT2D eigenvalue weighted by atomic mass is 10.1. The first-order valence-corrected chi connectivity index (χ1v) is 8.45. The first-order valence-electron chi connectivity index (χ1n) is 7.12. The van der Waals surface area contributed by atoms with E-state index >= 15 is 0 Å². The second kappa shape index (κ2) is 9.64. The fourth-order valence-corrected chi connectivity index (χ4v) is 2.63. The third kappa shape index (κ3) is 6.12. The summed E-state index contributed by atoms with van der Waals surface area (Å²) in [6.07, 6.45) is -0.626. The number of nitrogens with zero attached hydrogens (tertiary/aromatic N) is 1. The van der Waals surface area contributed by atoms with E-state index in [1.165, 1.54) is 0 Å². The molecule has 0 aliphatic heterocycles. The molecule has 0 amide bonds. The van der Waals surface area contributed by atoms with Crippen LogP contribution in [0.25, 0.3) is 0 Å². The minimum absolute atomic E-state index is 0.179. The van der Waals surface area contributed by atoms with E-state index in [0.717, 1.165) is 40.9 Å². The highest BCUT2D eigenvalue weighted by atomic mass is 79.9. The summed E-state index contributed by atoms with van der Waals surface area (Å²) in [6, 6.07) is 4.01. The quantitative estimate of drug-likeness (QED) is 0.511. The van der Waals surface area contributed by atoms with Gasteiger partial charge in [0, 0.05) is 11.0 Å². The Morgan fingerprint density at radius 3 is 2.62 bits per heavy atom. The standard InChI is InChI=1S/C15H24BrClN2O2/c1-3-19(4-2)8-12-5-11(6-14(16)15(12)18)9-21-10-13(20)7-17/h5-6,13,20H,3-4,7-10,18H2,1-2H3. The molecule has 0 aliphatic rings. The van der Waals surface area contributed by atoms with Gasteiger partial charge in [0.25, 0.3) is 0 Å². The number of alkyl halides is 1. The zero-order chi connectivity index (χ0) is 15.8. The molecule has 1 aromatic carbocycles. The molecule has 4 nitrogen and oxygen atoms in total. The van der Waals surface area contributed by atoms with Crippen molar-refractivity contribution in [3.05, 3.63) is 27.7 Å². The smallest absolute Gasteiger partial charge is 0.0908 e. The third-order valence-corrected chi connectivity index (χ3v) is 4.33. The summed E-state index contributed by atoms with van der Waals surface area (Å²) in [5.74, 6) is 0.179. The van der Waals surface area contributed by atoms with Gasteiger partial charge in [-0.3, -0.25) is 4.90 Å². The van der Waals surface area contributed by atoms with Crippen LogP contribution in [-0.4, -0.2) is 41.7 Å². The van der Waals surface area contributed by atoms with Crippen molar-refractivity contribution < 1.29 is 9.84 Å². The van der Waals surface area contributed by atoms with E-state index in [9.17, 15) is 5.11 Å². The normalized spacial score (nSPS) is 12.9. The van der Waals surface area contributed by atoms with E-state index in [2.05, 4.69) is 40.7 Å². The highest BCUT2D eigenvalue weighted by Gasteiger charge is 2.10. The predicted molar refractivity (Wildman–Crippen MR) is 91.6 cm³/mol. The van der Waals surface area contributed by atoms with Crippen LogP contribution in [0.4, 0.5) is 5.69 Å². The largest absolute Gasteiger partial charge is 0.398 e. The Bertz CT molecular complexity index is 442. The molecule has 0 bridgehead atoms. The molecule has 0 spiro atoms. The van der Waals surface area contributed by atoms with Gasteiger partial charge in [-0.1, -0.05) is 19.9 Å². The summed E-state index contributed by atoms with van der Waals surface area (Å²) >= 11 is 9.03. The van der Waals surface area contributed by atoms with Gasteiger partial charge in [-0.25, -0.2) is 0 Å². The molecular weight excluding hydrogens is 356 g/mol. The van der Waals surface area contributed by atoms with Crippen molar-refractivity contribution in [1.82, 2.24) is 4.90 Å². The summed E-state index contributed by atoms with van der Waals surface area (Å²) in [7, 11) is 0. The molecule has 3 N–H and O–H groups in total. The molecule has 6 heteroatoms. The number of rotatable bonds is 9. The summed E-state index contributed by atoms with van der Waals surface area (Å²) in [4.78, 5) is 2.31. The van der Waals surface area contributed by atoms with Crippen LogP contribution in [-0.2, 0) is 17.9 Å². The van der Waals surface area contributed by atoms with E-state index in [1.54, 1.807) is 0 Å². The lowest BCUT2D eigenvalue weighted by Gasteiger charge is -2.20. The highest BCUT2D eigenvalue weighted by Crippen LogP contribution is 2.27. The molecule has 0 fully saturated rings. The maximum Gasteiger partial charge on any atom is 0.0908 e. The Balaban J connectivity index is 2.75. The van der Waals surface area contributed by atoms with Gasteiger partial charge in [0.05, 0.1) is 30.9 Å². The van der Waals surface area contributed by atoms with Gasteiger partial charge < -0.3 is 15.6 Å². The van der Waals surface area contributed by atoms with Gasteiger partial charge in [0.15, 0.2) is 0 Å². The molecule has 0 saturated heterocycles. The van der Waals surface area contributed by atoms with Crippen LogP contribution >= 0.6 is 27.5 Å². The zero-order valence-corrected chi connectivity index (χ0v) is 15.0. The first-order chi connectivity index (χ1) is 10.0. The van der Waals surface area contributed by atoms with Crippen molar-refractivity contribution in [1.29, 1.82) is 0 Å². The van der Waals surface area contributed by atoms with Gasteiger partial charge >= 0.3 is 0 Å². The number of nitrogen functional groups attached to an aromatic ring is 1. The van der Waals surface area contributed by atoms with E-state index in [0.29, 0.717) is 6.61 Å². The van der Waals surface area contributed by atoms with Gasteiger partial charge in [-0.05, 0) is 46.2 Å². The number of ether oxygens (including phenoxy) is 1. The minimum atomic E-state index is -0.626. The molecule has 1 atom stereocenters. The summed E-state index contributed by atoms with van der Waals surface area (Å²) < 4.78 is 6.35. The molecule has 1 aromatic rings. The van der Waals surface area contributed by atoms with Crippen LogP contribution < -0.4 is 5.73 Å². The SMILES string of the molecule is CCN(CC)Cc1cc(COCC(O)CCl)cc(Br)c1N. The van der Waals surface area contributed by atoms with Crippen LogP contribution in [0.5, 0.6) is 0 Å². The third-order valence-electron chi connectivity index (χ3n) is 3.32. The molecule has 0 aromatic heterocycles. The molecule has 21 heavy (non-hydrogen) atoms. The molecule has 0 heterocycles. The molecule has 0 aliphatic carbocycles. The average Bonchev–Trinajstić information content (AvgIpc) is 2.48. The van der Waals surface area contributed by atoms with Crippen LogP contribution in [0.2, 0.25) is 0 Å². The number of halogens is 2. The monoisotopic (exact) mass is 378 g/mol. The van der Waals surface area contributed by atoms with E-state index in [1.807, 2.05) is 6.07 Å². The maximum atomic E-state index is 9.38. The van der Waals surface area contributed by atoms with Gasteiger partial charge in [-0.2, -0.15) is 0 Å². The number of anilines is 1. The van der Waals surface area contributed by atoms with Gasteiger partial charge in [0.2, 0.25) is 0 Å². The Morgan fingerprint density at radius 2 is 2.05 bits per heavy atom. The van der Waals surface area contributed by atoms with Crippen LogP contribution in [0, 0.1) is 0 Å². The van der Waals surface area contributed by atoms with Crippen molar-refractivity contribution in [2.45, 2.75) is 33.1 Å². The highest BCUT2D eigenvalue weighted by molar-refractivity contribution is 9.10. The van der Waals surface area contributed by atoms with E-state index in [-0.39, 0.29) is 12.5 Å². The molecule has 1 unspecified atom stereocenters. The van der Waals surface area contributed by atoms with Crippen LogP contribution in [0.15, 0.2) is 16.6 Å². The van der Waals surface area contributed by atoms with E-state index < -0.39 is 6.10 Å². The Hall–Kier alpha value is -0.330. The minimum Gasteiger partial charge on any atom is -0.398 e. The Morgan fingerprint density at radius 1 is 1.38 bits per heavy atom. The fourth-order valence-electron chi connectivity index (χ4n) is 2.00. The van der Waals surface area contributed by atoms with Crippen molar-refractivity contribution in [2.24, 2.45) is 0 Å². The number of hydrogen-bond donors (Lipinski definition) is 2. The maximum absolute atomic E-state index is 9.38. The number of hydrogen-bond acceptors (Lipinski definition) is 4. The summed E-state index contributed by atoms with van der Waals surface area (Å²) in [6.45, 7) is 7.71. The second-order valence-corrected chi connectivity index (χ2v) is 6.10. The number of benzene rings is 1. The molecule has 1 rings (SSSR count). The lowest BCUT2D eigenvalue weighted by Crippen LogP contribution is -2.23. The Kier molecular flexibility index (Phi) is 8.59. The average molecular weight is 380 g/mol. The van der Waals surface area contributed by atoms with Crippen LogP contribution in [0.3, 0.4) is 0 Å². The zero-order valence-electron chi connectivity index (χ0n) is 12.6. The molecule has 0 saturated carbocycles. The summed E-state index contributed by atoms with van der Waals surface area (Å²) in [5.41, 5.74) is 9.02. The molecule has 0 radical (unpaired) electrons. The number of aliphatic hydroxyl groups excluding tert-OH is 1. The van der Waals surface area contributed by atoms with Crippen molar-refractivity contribution in [2.75, 3.05) is 31.3 Å². The van der Waals surface area contributed by atoms with Gasteiger partial charge in [0.1, 0.15) is 0 Å². The first kappa shape index (κ1) is 18.7. The summed E-state index contributed by atoms with van der Waals surface area (Å²) in [5, 5.41) is 9.38. The number of aliphatic hydroxyl groups is 1. The molecule has 120 valence electrons. The number of nitrogens with two attached hydrogens (primary N) is 1. The lowest BCUT2D eigenvalue weighted by molar-refractivity contribution is 0.0391.